The number of nitrogens with zero attached hydrogens (tertiary/aromatic N) is 1. The van der Waals surface area contributed by atoms with Crippen molar-refractivity contribution in [3.8, 4) is 0 Å². The molecule has 21 heavy (non-hydrogen) atoms. The minimum absolute atomic E-state index is 0.266. The van der Waals surface area contributed by atoms with Gasteiger partial charge in [0.15, 0.2) is 5.96 Å². The van der Waals surface area contributed by atoms with Gasteiger partial charge in [-0.15, -0.1) is 0 Å². The number of furan rings is 1. The molecule has 3 N–H and O–H groups in total. The number of aliphatic hydroxyl groups is 1. The lowest BCUT2D eigenvalue weighted by atomic mass is 9.96. The number of hydrogen-bond acceptors (Lipinski definition) is 3. The molecular weight excluding hydrogens is 266 g/mol. The highest BCUT2D eigenvalue weighted by Gasteiger charge is 2.26. The van der Waals surface area contributed by atoms with Crippen molar-refractivity contribution in [2.75, 3.05) is 13.1 Å². The lowest BCUT2D eigenvalue weighted by Crippen LogP contribution is -2.45. The Morgan fingerprint density at radius 3 is 2.81 bits per heavy atom. The Morgan fingerprint density at radius 2 is 2.19 bits per heavy atom. The molecule has 0 bridgehead atoms. The van der Waals surface area contributed by atoms with Gasteiger partial charge in [-0.1, -0.05) is 19.3 Å². The van der Waals surface area contributed by atoms with Gasteiger partial charge >= 0.3 is 0 Å². The Bertz CT molecular complexity index is 434. The largest absolute Gasteiger partial charge is 0.466 e. The highest BCUT2D eigenvalue weighted by Crippen LogP contribution is 2.21. The van der Waals surface area contributed by atoms with Gasteiger partial charge in [-0.05, 0) is 38.8 Å². The molecule has 0 saturated heterocycles. The van der Waals surface area contributed by atoms with Crippen LogP contribution in [0.5, 0.6) is 0 Å². The van der Waals surface area contributed by atoms with Gasteiger partial charge in [-0.2, -0.15) is 0 Å². The molecule has 0 spiro atoms. The second-order valence-corrected chi connectivity index (χ2v) is 5.93. The molecule has 0 aromatic carbocycles. The molecule has 1 aliphatic carbocycles. The first kappa shape index (κ1) is 15.9. The van der Waals surface area contributed by atoms with Crippen LogP contribution in [0.4, 0.5) is 0 Å². The Labute approximate surface area is 126 Å². The number of rotatable bonds is 5. The second-order valence-electron chi connectivity index (χ2n) is 5.93. The summed E-state index contributed by atoms with van der Waals surface area (Å²) >= 11 is 0. The average molecular weight is 293 g/mol. The van der Waals surface area contributed by atoms with E-state index in [1.807, 2.05) is 6.92 Å². The summed E-state index contributed by atoms with van der Waals surface area (Å²) in [6.45, 7) is 4.84. The summed E-state index contributed by atoms with van der Waals surface area (Å²) in [4.78, 5) is 4.52. The number of nitrogens with one attached hydrogen (secondary N) is 2. The molecule has 1 saturated carbocycles. The molecular formula is C16H27N3O2. The smallest absolute Gasteiger partial charge is 0.191 e. The van der Waals surface area contributed by atoms with Crippen LogP contribution in [0.15, 0.2) is 27.8 Å². The predicted octanol–water partition coefficient (Wildman–Crippen LogP) is 2.37. The predicted molar refractivity (Wildman–Crippen MR) is 84.3 cm³/mol. The summed E-state index contributed by atoms with van der Waals surface area (Å²) in [5, 5.41) is 17.2. The lowest BCUT2D eigenvalue weighted by molar-refractivity contribution is 0.0436. The Hall–Kier alpha value is -1.49. The second kappa shape index (κ2) is 7.50. The summed E-state index contributed by atoms with van der Waals surface area (Å²) in [6.07, 6.45) is 7.85. The molecule has 1 atom stereocenters. The number of hydrogen-bond donors (Lipinski definition) is 3. The molecule has 1 unspecified atom stereocenters. The average Bonchev–Trinajstić information content (AvgIpc) is 3.01. The molecule has 5 nitrogen and oxygen atoms in total. The van der Waals surface area contributed by atoms with Gasteiger partial charge in [0.05, 0.1) is 12.8 Å². The van der Waals surface area contributed by atoms with Crippen molar-refractivity contribution in [2.24, 2.45) is 4.99 Å². The van der Waals surface area contributed by atoms with Crippen molar-refractivity contribution in [3.63, 3.8) is 0 Å². The first-order valence-electron chi connectivity index (χ1n) is 7.93. The van der Waals surface area contributed by atoms with E-state index in [4.69, 9.17) is 4.42 Å². The first-order valence-corrected chi connectivity index (χ1v) is 7.93. The molecule has 0 aliphatic heterocycles. The Morgan fingerprint density at radius 1 is 1.43 bits per heavy atom. The lowest BCUT2D eigenvalue weighted by Gasteiger charge is -2.26. The summed E-state index contributed by atoms with van der Waals surface area (Å²) in [7, 11) is 0. The van der Waals surface area contributed by atoms with Crippen molar-refractivity contribution in [2.45, 2.75) is 57.6 Å². The Kier molecular flexibility index (Phi) is 5.67. The van der Waals surface area contributed by atoms with Crippen molar-refractivity contribution >= 4 is 5.96 Å². The van der Waals surface area contributed by atoms with Crippen LogP contribution in [0.1, 0.15) is 51.7 Å². The molecule has 0 amide bonds. The van der Waals surface area contributed by atoms with Gasteiger partial charge in [-0.3, -0.25) is 0 Å². The fourth-order valence-corrected chi connectivity index (χ4v) is 2.66. The van der Waals surface area contributed by atoms with Crippen LogP contribution in [0, 0.1) is 0 Å². The maximum absolute atomic E-state index is 10.4. The van der Waals surface area contributed by atoms with Gasteiger partial charge in [-0.25, -0.2) is 4.99 Å². The zero-order valence-corrected chi connectivity index (χ0v) is 13.1. The van der Waals surface area contributed by atoms with Crippen molar-refractivity contribution in [3.05, 3.63) is 24.2 Å². The molecule has 2 rings (SSSR count). The summed E-state index contributed by atoms with van der Waals surface area (Å²) < 4.78 is 5.28. The maximum Gasteiger partial charge on any atom is 0.191 e. The van der Waals surface area contributed by atoms with Crippen LogP contribution in [0.2, 0.25) is 0 Å². The van der Waals surface area contributed by atoms with Gasteiger partial charge in [0.1, 0.15) is 11.4 Å². The standard InChI is InChI=1S/C16H27N3O2/c1-3-17-15(19-13-8-5-4-6-9-13)18-12-16(2,20)14-10-7-11-21-14/h7,10-11,13,20H,3-6,8-9,12H2,1-2H3,(H2,17,18,19). The van der Waals surface area contributed by atoms with Crippen LogP contribution in [0.3, 0.4) is 0 Å². The zero-order chi connectivity index (χ0) is 15.1. The zero-order valence-electron chi connectivity index (χ0n) is 13.1. The highest BCUT2D eigenvalue weighted by molar-refractivity contribution is 5.80. The van der Waals surface area contributed by atoms with E-state index in [1.54, 1.807) is 25.3 Å². The quantitative estimate of drug-likeness (QED) is 0.576. The monoisotopic (exact) mass is 293 g/mol. The molecule has 1 aromatic rings. The van der Waals surface area contributed by atoms with Crippen LogP contribution in [0.25, 0.3) is 0 Å². The summed E-state index contributed by atoms with van der Waals surface area (Å²) in [5.41, 5.74) is -1.08. The maximum atomic E-state index is 10.4. The van der Waals surface area contributed by atoms with E-state index >= 15 is 0 Å². The van der Waals surface area contributed by atoms with E-state index in [2.05, 4.69) is 15.6 Å². The Balaban J connectivity index is 1.96. The number of aliphatic imine (C=N–C) groups is 1. The molecule has 1 aromatic heterocycles. The summed E-state index contributed by atoms with van der Waals surface area (Å²) in [5.74, 6) is 1.32. The minimum Gasteiger partial charge on any atom is -0.466 e. The SMILES string of the molecule is CCNC(=NCC(C)(O)c1ccco1)NC1CCCCC1. The highest BCUT2D eigenvalue weighted by atomic mass is 16.4. The van der Waals surface area contributed by atoms with Crippen LogP contribution < -0.4 is 10.6 Å². The minimum atomic E-state index is -1.08. The topological polar surface area (TPSA) is 69.8 Å². The third-order valence-corrected chi connectivity index (χ3v) is 3.89. The molecule has 5 heteroatoms. The van der Waals surface area contributed by atoms with Gasteiger partial charge in [0.25, 0.3) is 0 Å². The molecule has 1 fully saturated rings. The summed E-state index contributed by atoms with van der Waals surface area (Å²) in [6, 6.07) is 4.04. The molecule has 0 radical (unpaired) electrons. The molecule has 118 valence electrons. The van der Waals surface area contributed by atoms with Crippen molar-refractivity contribution in [1.82, 2.24) is 10.6 Å². The molecule has 1 heterocycles. The van der Waals surface area contributed by atoms with E-state index in [1.165, 1.54) is 32.1 Å². The van der Waals surface area contributed by atoms with Crippen molar-refractivity contribution in [1.29, 1.82) is 0 Å². The van der Waals surface area contributed by atoms with Crippen molar-refractivity contribution < 1.29 is 9.52 Å². The first-order chi connectivity index (χ1) is 10.1. The van der Waals surface area contributed by atoms with E-state index in [-0.39, 0.29) is 6.54 Å². The van der Waals surface area contributed by atoms with Gasteiger partial charge < -0.3 is 20.2 Å². The van der Waals surface area contributed by atoms with Gasteiger partial charge in [0.2, 0.25) is 0 Å². The van der Waals surface area contributed by atoms with E-state index in [9.17, 15) is 5.11 Å². The van der Waals surface area contributed by atoms with Crippen LogP contribution >= 0.6 is 0 Å². The van der Waals surface area contributed by atoms with Crippen LogP contribution in [-0.2, 0) is 5.60 Å². The number of guanidine groups is 1. The van der Waals surface area contributed by atoms with E-state index in [0.717, 1.165) is 12.5 Å². The third kappa shape index (κ3) is 4.77. The molecule has 1 aliphatic rings. The normalized spacial score (nSPS) is 20.0. The van der Waals surface area contributed by atoms with Crippen LogP contribution in [-0.4, -0.2) is 30.2 Å². The third-order valence-electron chi connectivity index (χ3n) is 3.89. The van der Waals surface area contributed by atoms with E-state index in [0.29, 0.717) is 11.8 Å². The fraction of sp³-hybridized carbons (Fsp3) is 0.688. The van der Waals surface area contributed by atoms with Gasteiger partial charge in [0, 0.05) is 12.6 Å². The van der Waals surface area contributed by atoms with E-state index < -0.39 is 5.60 Å². The fourth-order valence-electron chi connectivity index (χ4n) is 2.66.